The second-order valence-electron chi connectivity index (χ2n) is 3.49. The molecule has 1 heterocycles. The predicted molar refractivity (Wildman–Crippen MR) is 55.5 cm³/mol. The highest BCUT2D eigenvalue weighted by atomic mass is 16.7. The van der Waals surface area contributed by atoms with Crippen LogP contribution in [0.15, 0.2) is 30.3 Å². The van der Waals surface area contributed by atoms with Crippen LogP contribution in [0.3, 0.4) is 0 Å². The van der Waals surface area contributed by atoms with E-state index in [9.17, 15) is 0 Å². The van der Waals surface area contributed by atoms with Gasteiger partial charge >= 0.3 is 0 Å². The van der Waals surface area contributed by atoms with Crippen molar-refractivity contribution in [2.75, 3.05) is 19.7 Å². The summed E-state index contributed by atoms with van der Waals surface area (Å²) < 4.78 is 0. The Morgan fingerprint density at radius 2 is 2.14 bits per heavy atom. The Kier molecular flexibility index (Phi) is 3.14. The molecule has 3 heteroatoms. The standard InChI is InChI=1S/C11H16N2O/c12-9-11(13-7-4-8-14-13)10-5-2-1-3-6-10/h1-3,5-6,11H,4,7-9,12H2. The number of rotatable bonds is 3. The molecule has 14 heavy (non-hydrogen) atoms. The summed E-state index contributed by atoms with van der Waals surface area (Å²) in [6.45, 7) is 2.41. The van der Waals surface area contributed by atoms with Crippen molar-refractivity contribution in [3.8, 4) is 0 Å². The van der Waals surface area contributed by atoms with Crippen molar-refractivity contribution in [3.05, 3.63) is 35.9 Å². The van der Waals surface area contributed by atoms with Crippen LogP contribution in [0.5, 0.6) is 0 Å². The number of nitrogens with two attached hydrogens (primary N) is 1. The van der Waals surface area contributed by atoms with Gasteiger partial charge in [0.05, 0.1) is 12.6 Å². The topological polar surface area (TPSA) is 38.5 Å². The first-order valence-corrected chi connectivity index (χ1v) is 5.06. The molecule has 0 spiro atoms. The second kappa shape index (κ2) is 4.55. The van der Waals surface area contributed by atoms with Gasteiger partial charge in [0.15, 0.2) is 0 Å². The van der Waals surface area contributed by atoms with Crippen LogP contribution in [0, 0.1) is 0 Å². The Labute approximate surface area is 84.4 Å². The van der Waals surface area contributed by atoms with Crippen LogP contribution in [0.1, 0.15) is 18.0 Å². The second-order valence-corrected chi connectivity index (χ2v) is 3.49. The molecule has 0 radical (unpaired) electrons. The number of hydrogen-bond donors (Lipinski definition) is 1. The zero-order valence-electron chi connectivity index (χ0n) is 8.23. The molecule has 1 unspecified atom stereocenters. The molecule has 1 fully saturated rings. The average Bonchev–Trinajstić information content (AvgIpc) is 2.74. The molecule has 0 bridgehead atoms. The first-order chi connectivity index (χ1) is 6.92. The fourth-order valence-electron chi connectivity index (χ4n) is 1.81. The molecule has 1 aliphatic rings. The quantitative estimate of drug-likeness (QED) is 0.785. The summed E-state index contributed by atoms with van der Waals surface area (Å²) >= 11 is 0. The molecule has 3 nitrogen and oxygen atoms in total. The highest BCUT2D eigenvalue weighted by molar-refractivity contribution is 5.19. The van der Waals surface area contributed by atoms with Crippen LogP contribution in [0.25, 0.3) is 0 Å². The zero-order chi connectivity index (χ0) is 9.80. The van der Waals surface area contributed by atoms with E-state index in [1.165, 1.54) is 5.56 Å². The van der Waals surface area contributed by atoms with Crippen molar-refractivity contribution in [1.29, 1.82) is 0 Å². The summed E-state index contributed by atoms with van der Waals surface area (Å²) in [4.78, 5) is 5.51. The van der Waals surface area contributed by atoms with Crippen molar-refractivity contribution in [3.63, 3.8) is 0 Å². The number of nitrogens with zero attached hydrogens (tertiary/aromatic N) is 1. The summed E-state index contributed by atoms with van der Waals surface area (Å²) in [5, 5.41) is 2.00. The fourth-order valence-corrected chi connectivity index (χ4v) is 1.81. The van der Waals surface area contributed by atoms with E-state index in [1.807, 2.05) is 23.3 Å². The molecular weight excluding hydrogens is 176 g/mol. The van der Waals surface area contributed by atoms with Gasteiger partial charge < -0.3 is 5.73 Å². The predicted octanol–water partition coefficient (Wildman–Crippen LogP) is 1.32. The van der Waals surface area contributed by atoms with Gasteiger partial charge in [0.25, 0.3) is 0 Å². The van der Waals surface area contributed by atoms with Crippen molar-refractivity contribution >= 4 is 0 Å². The van der Waals surface area contributed by atoms with Crippen LogP contribution >= 0.6 is 0 Å². The summed E-state index contributed by atoms with van der Waals surface area (Å²) in [5.74, 6) is 0. The summed E-state index contributed by atoms with van der Waals surface area (Å²) in [6, 6.07) is 10.5. The van der Waals surface area contributed by atoms with Crippen molar-refractivity contribution in [1.82, 2.24) is 5.06 Å². The minimum Gasteiger partial charge on any atom is -0.329 e. The maximum absolute atomic E-state index is 5.76. The third-order valence-corrected chi connectivity index (χ3v) is 2.54. The molecule has 1 saturated heterocycles. The van der Waals surface area contributed by atoms with E-state index < -0.39 is 0 Å². The van der Waals surface area contributed by atoms with Gasteiger partial charge in [-0.15, -0.1) is 0 Å². The van der Waals surface area contributed by atoms with Crippen LogP contribution in [-0.4, -0.2) is 24.8 Å². The number of benzene rings is 1. The van der Waals surface area contributed by atoms with Crippen molar-refractivity contribution in [2.24, 2.45) is 5.73 Å². The van der Waals surface area contributed by atoms with Crippen LogP contribution < -0.4 is 5.73 Å². The van der Waals surface area contributed by atoms with E-state index >= 15 is 0 Å². The number of hydrogen-bond acceptors (Lipinski definition) is 3. The van der Waals surface area contributed by atoms with Crippen molar-refractivity contribution in [2.45, 2.75) is 12.5 Å². The normalized spacial score (nSPS) is 19.8. The third-order valence-electron chi connectivity index (χ3n) is 2.54. The first kappa shape index (κ1) is 9.65. The van der Waals surface area contributed by atoms with E-state index in [2.05, 4.69) is 12.1 Å². The molecular formula is C11H16N2O. The van der Waals surface area contributed by atoms with E-state index in [0.29, 0.717) is 6.54 Å². The van der Waals surface area contributed by atoms with Crippen LogP contribution in [-0.2, 0) is 4.84 Å². The molecule has 0 saturated carbocycles. The molecule has 0 aliphatic carbocycles. The Balaban J connectivity index is 2.12. The Bertz CT molecular complexity index is 270. The minimum atomic E-state index is 0.207. The molecule has 1 aliphatic heterocycles. The summed E-state index contributed by atoms with van der Waals surface area (Å²) in [7, 11) is 0. The SMILES string of the molecule is NCC(c1ccccc1)N1CCCO1. The largest absolute Gasteiger partial charge is 0.329 e. The third kappa shape index (κ3) is 1.95. The highest BCUT2D eigenvalue weighted by Crippen LogP contribution is 2.22. The molecule has 0 aromatic heterocycles. The van der Waals surface area contributed by atoms with Crippen LogP contribution in [0.4, 0.5) is 0 Å². The number of hydroxylamine groups is 2. The van der Waals surface area contributed by atoms with E-state index in [-0.39, 0.29) is 6.04 Å². The highest BCUT2D eigenvalue weighted by Gasteiger charge is 2.22. The molecule has 76 valence electrons. The zero-order valence-corrected chi connectivity index (χ0v) is 8.23. The summed E-state index contributed by atoms with van der Waals surface area (Å²) in [6.07, 6.45) is 1.10. The lowest BCUT2D eigenvalue weighted by molar-refractivity contribution is -0.140. The summed E-state index contributed by atoms with van der Waals surface area (Å²) in [5.41, 5.74) is 7.00. The lowest BCUT2D eigenvalue weighted by atomic mass is 10.1. The maximum Gasteiger partial charge on any atom is 0.0724 e. The van der Waals surface area contributed by atoms with Gasteiger partial charge in [0.2, 0.25) is 0 Å². The average molecular weight is 192 g/mol. The van der Waals surface area contributed by atoms with Gasteiger partial charge in [-0.1, -0.05) is 30.3 Å². The molecule has 1 atom stereocenters. The lowest BCUT2D eigenvalue weighted by Crippen LogP contribution is -2.30. The van der Waals surface area contributed by atoms with E-state index in [4.69, 9.17) is 10.6 Å². The Morgan fingerprint density at radius 3 is 2.71 bits per heavy atom. The van der Waals surface area contributed by atoms with Gasteiger partial charge in [0, 0.05) is 13.1 Å². The van der Waals surface area contributed by atoms with Crippen LogP contribution in [0.2, 0.25) is 0 Å². The smallest absolute Gasteiger partial charge is 0.0724 e. The van der Waals surface area contributed by atoms with E-state index in [0.717, 1.165) is 19.6 Å². The van der Waals surface area contributed by atoms with Gasteiger partial charge in [-0.2, -0.15) is 5.06 Å². The van der Waals surface area contributed by atoms with Crippen molar-refractivity contribution < 1.29 is 4.84 Å². The van der Waals surface area contributed by atoms with Gasteiger partial charge in [-0.25, -0.2) is 0 Å². The molecule has 1 aromatic carbocycles. The minimum absolute atomic E-state index is 0.207. The maximum atomic E-state index is 5.76. The van der Waals surface area contributed by atoms with E-state index in [1.54, 1.807) is 0 Å². The van der Waals surface area contributed by atoms with Gasteiger partial charge in [-0.05, 0) is 12.0 Å². The Hall–Kier alpha value is -0.900. The molecule has 1 aromatic rings. The van der Waals surface area contributed by atoms with Gasteiger partial charge in [-0.3, -0.25) is 4.84 Å². The monoisotopic (exact) mass is 192 g/mol. The molecule has 0 amide bonds. The van der Waals surface area contributed by atoms with Gasteiger partial charge in [0.1, 0.15) is 0 Å². The molecule has 2 rings (SSSR count). The first-order valence-electron chi connectivity index (χ1n) is 5.06. The fraction of sp³-hybridized carbons (Fsp3) is 0.455. The lowest BCUT2D eigenvalue weighted by Gasteiger charge is -2.24. The molecule has 2 N–H and O–H groups in total. The Morgan fingerprint density at radius 1 is 1.36 bits per heavy atom.